The molecule has 0 atom stereocenters. The van der Waals surface area contributed by atoms with Gasteiger partial charge in [-0.1, -0.05) is 0 Å². The average molecular weight is 594 g/mol. The molecule has 0 radical (unpaired) electrons. The summed E-state index contributed by atoms with van der Waals surface area (Å²) in [4.78, 5) is 38.7. The van der Waals surface area contributed by atoms with E-state index in [9.17, 15) is 22.8 Å². The van der Waals surface area contributed by atoms with Crippen LogP contribution in [-0.2, 0) is 22.2 Å². The highest BCUT2D eigenvalue weighted by Gasteiger charge is 2.37. The van der Waals surface area contributed by atoms with Crippen molar-refractivity contribution in [1.29, 1.82) is 0 Å². The van der Waals surface area contributed by atoms with Crippen molar-refractivity contribution in [1.82, 2.24) is 30.5 Å². The molecule has 0 unspecified atom stereocenters. The predicted molar refractivity (Wildman–Crippen MR) is 147 cm³/mol. The summed E-state index contributed by atoms with van der Waals surface area (Å²) < 4.78 is 52.3. The number of methoxy groups -OCH3 is 1. The molecule has 0 spiro atoms. The van der Waals surface area contributed by atoms with Gasteiger partial charge >= 0.3 is 18.2 Å². The number of amides is 2. The zero-order chi connectivity index (χ0) is 29.4. The molecule has 41 heavy (non-hydrogen) atoms. The summed E-state index contributed by atoms with van der Waals surface area (Å²) in [5.74, 6) is -0.511. The van der Waals surface area contributed by atoms with Gasteiger partial charge in [-0.25, -0.2) is 19.6 Å². The molecule has 0 aromatic carbocycles. The number of anilines is 1. The minimum absolute atomic E-state index is 0.0249. The van der Waals surface area contributed by atoms with Gasteiger partial charge in [0, 0.05) is 74.5 Å². The fourth-order valence-corrected chi connectivity index (χ4v) is 5.22. The predicted octanol–water partition coefficient (Wildman–Crippen LogP) is 3.64. The molecule has 1 fully saturated rings. The smallest absolute Gasteiger partial charge is 0.434 e. The number of urea groups is 1. The fraction of sp³-hybridized carbons (Fsp3) is 0.423. The van der Waals surface area contributed by atoms with E-state index >= 15 is 0 Å². The monoisotopic (exact) mass is 593 g/mol. The number of hydrogen-bond donors (Lipinski definition) is 3. The first-order valence-corrected chi connectivity index (χ1v) is 13.7. The Morgan fingerprint density at radius 3 is 2.63 bits per heavy atom. The maximum Gasteiger partial charge on any atom is 0.434 e. The summed E-state index contributed by atoms with van der Waals surface area (Å²) in [7, 11) is 1.23. The van der Waals surface area contributed by atoms with Crippen LogP contribution in [0.25, 0.3) is 21.7 Å². The Hall–Kier alpha value is -3.66. The van der Waals surface area contributed by atoms with E-state index in [4.69, 9.17) is 9.47 Å². The van der Waals surface area contributed by atoms with E-state index in [2.05, 4.69) is 35.8 Å². The second-order valence-electron chi connectivity index (χ2n) is 8.97. The molecule has 15 heteroatoms. The molecule has 1 aliphatic rings. The quantitative estimate of drug-likeness (QED) is 0.238. The molecule has 0 saturated carbocycles. The van der Waals surface area contributed by atoms with Gasteiger partial charge in [-0.15, -0.1) is 11.3 Å². The summed E-state index contributed by atoms with van der Waals surface area (Å²) in [6, 6.07) is 2.43. The first-order valence-electron chi connectivity index (χ1n) is 12.9. The Labute approximate surface area is 238 Å². The molecule has 3 N–H and O–H groups in total. The van der Waals surface area contributed by atoms with Gasteiger partial charge in [-0.2, -0.15) is 13.2 Å². The van der Waals surface area contributed by atoms with Crippen LogP contribution in [0.1, 0.15) is 27.9 Å². The zero-order valence-corrected chi connectivity index (χ0v) is 23.3. The molecule has 4 rings (SSSR count). The molecule has 11 nitrogen and oxygen atoms in total. The van der Waals surface area contributed by atoms with E-state index in [1.54, 1.807) is 6.92 Å². The largest absolute Gasteiger partial charge is 0.465 e. The van der Waals surface area contributed by atoms with Gasteiger partial charge in [0.15, 0.2) is 5.69 Å². The topological polar surface area (TPSA) is 131 Å². The summed E-state index contributed by atoms with van der Waals surface area (Å²) in [6.45, 7) is 6.11. The van der Waals surface area contributed by atoms with Gasteiger partial charge in [-0.05, 0) is 19.1 Å². The summed E-state index contributed by atoms with van der Waals surface area (Å²) in [5.41, 5.74) is 0.234. The van der Waals surface area contributed by atoms with Crippen LogP contribution in [0.2, 0.25) is 0 Å². The number of hydrogen-bond acceptors (Lipinski definition) is 10. The molecule has 220 valence electrons. The lowest BCUT2D eigenvalue weighted by molar-refractivity contribution is -0.141. The number of ether oxygens (including phenoxy) is 2. The van der Waals surface area contributed by atoms with Crippen molar-refractivity contribution in [2.75, 3.05) is 58.4 Å². The van der Waals surface area contributed by atoms with E-state index in [1.165, 1.54) is 37.8 Å². The number of aromatic nitrogens is 3. The van der Waals surface area contributed by atoms with Crippen LogP contribution in [0.3, 0.4) is 0 Å². The van der Waals surface area contributed by atoms with Crippen LogP contribution in [0.15, 0.2) is 30.7 Å². The van der Waals surface area contributed by atoms with Gasteiger partial charge in [-0.3, -0.25) is 15.2 Å². The van der Waals surface area contributed by atoms with E-state index in [0.29, 0.717) is 44.0 Å². The highest BCUT2D eigenvalue weighted by Crippen LogP contribution is 2.41. The lowest BCUT2D eigenvalue weighted by atomic mass is 10.0. The van der Waals surface area contributed by atoms with E-state index in [0.717, 1.165) is 24.4 Å². The maximum atomic E-state index is 14.1. The Morgan fingerprint density at radius 1 is 1.15 bits per heavy atom. The Morgan fingerprint density at radius 2 is 1.93 bits per heavy atom. The average Bonchev–Trinajstić information content (AvgIpc) is 3.40. The van der Waals surface area contributed by atoms with Crippen LogP contribution in [0.4, 0.5) is 23.8 Å². The first-order chi connectivity index (χ1) is 19.7. The van der Waals surface area contributed by atoms with Gasteiger partial charge in [0.1, 0.15) is 10.8 Å². The lowest BCUT2D eigenvalue weighted by Crippen LogP contribution is -2.40. The normalized spacial score (nSPS) is 14.1. The minimum Gasteiger partial charge on any atom is -0.465 e. The third-order valence-electron chi connectivity index (χ3n) is 6.14. The van der Waals surface area contributed by atoms with Crippen molar-refractivity contribution in [2.24, 2.45) is 0 Å². The number of carbonyl (C=O) groups excluding carboxylic acids is 2. The SMILES string of the molecule is CCNC(=O)Nc1cc(-c2nc(C(F)(F)F)c(CNCCN3CCOCC3)s2)c(-c2cncc(C(=O)OC)c2)cn1. The molecule has 1 saturated heterocycles. The van der Waals surface area contributed by atoms with Crippen LogP contribution in [0, 0.1) is 0 Å². The highest BCUT2D eigenvalue weighted by atomic mass is 32.1. The van der Waals surface area contributed by atoms with Crippen LogP contribution >= 0.6 is 11.3 Å². The minimum atomic E-state index is -4.68. The van der Waals surface area contributed by atoms with E-state index in [-0.39, 0.29) is 33.4 Å². The summed E-state index contributed by atoms with van der Waals surface area (Å²) in [5, 5.41) is 8.32. The van der Waals surface area contributed by atoms with Crippen LogP contribution < -0.4 is 16.0 Å². The van der Waals surface area contributed by atoms with Crippen molar-refractivity contribution in [3.8, 4) is 21.7 Å². The number of morpholine rings is 1. The highest BCUT2D eigenvalue weighted by molar-refractivity contribution is 7.15. The number of nitrogens with one attached hydrogen (secondary N) is 3. The number of esters is 1. The molecule has 3 aromatic heterocycles. The standard InChI is InChI=1S/C26H30F3N7O4S/c1-3-32-25(38)34-21-11-18(19(14-33-21)16-10-17(13-31-12-16)24(37)39-2)23-35-22(26(27,28)29)20(41-23)15-30-4-5-36-6-8-40-9-7-36/h10-14,30H,3-9,15H2,1-2H3,(H2,32,33,34,38). The number of rotatable bonds is 10. The second-order valence-corrected chi connectivity index (χ2v) is 10.1. The Kier molecular flexibility index (Phi) is 10.2. The van der Waals surface area contributed by atoms with Crippen molar-refractivity contribution in [2.45, 2.75) is 19.6 Å². The van der Waals surface area contributed by atoms with Crippen molar-refractivity contribution >= 4 is 29.2 Å². The van der Waals surface area contributed by atoms with E-state index < -0.39 is 23.9 Å². The molecule has 0 bridgehead atoms. The van der Waals surface area contributed by atoms with Crippen molar-refractivity contribution < 1.29 is 32.2 Å². The number of alkyl halides is 3. The second kappa shape index (κ2) is 13.8. The van der Waals surface area contributed by atoms with Gasteiger partial charge in [0.2, 0.25) is 0 Å². The van der Waals surface area contributed by atoms with Gasteiger partial charge in [0.05, 0.1) is 30.8 Å². The van der Waals surface area contributed by atoms with Crippen molar-refractivity contribution in [3.05, 3.63) is 46.9 Å². The molecule has 3 aromatic rings. The number of pyridine rings is 2. The van der Waals surface area contributed by atoms with E-state index in [1.807, 2.05) is 0 Å². The Bertz CT molecular complexity index is 1360. The first kappa shape index (κ1) is 30.3. The number of nitrogens with zero attached hydrogens (tertiary/aromatic N) is 4. The lowest BCUT2D eigenvalue weighted by Gasteiger charge is -2.26. The summed E-state index contributed by atoms with van der Waals surface area (Å²) >= 11 is 0.892. The molecule has 2 amide bonds. The number of thiazole rings is 1. The molecule has 4 heterocycles. The fourth-order valence-electron chi connectivity index (χ4n) is 4.14. The van der Waals surface area contributed by atoms with Crippen LogP contribution in [0.5, 0.6) is 0 Å². The zero-order valence-electron chi connectivity index (χ0n) is 22.5. The molecular formula is C26H30F3N7O4S. The van der Waals surface area contributed by atoms with Gasteiger partial charge < -0.3 is 20.1 Å². The Balaban J connectivity index is 1.69. The van der Waals surface area contributed by atoms with Crippen molar-refractivity contribution in [3.63, 3.8) is 0 Å². The molecular weight excluding hydrogens is 563 g/mol. The third kappa shape index (κ3) is 7.97. The number of halogens is 3. The molecule has 1 aliphatic heterocycles. The number of carbonyl (C=O) groups is 2. The maximum absolute atomic E-state index is 14.1. The third-order valence-corrected chi connectivity index (χ3v) is 7.23. The van der Waals surface area contributed by atoms with Crippen LogP contribution in [-0.4, -0.2) is 84.9 Å². The molecule has 0 aliphatic carbocycles. The summed E-state index contributed by atoms with van der Waals surface area (Å²) in [6.07, 6.45) is -0.517. The van der Waals surface area contributed by atoms with Gasteiger partial charge in [0.25, 0.3) is 0 Å².